The van der Waals surface area contributed by atoms with Gasteiger partial charge in [0.25, 0.3) is 0 Å². The van der Waals surface area contributed by atoms with Crippen molar-refractivity contribution in [2.24, 2.45) is 0 Å². The maximum atomic E-state index is 10.7. The van der Waals surface area contributed by atoms with Gasteiger partial charge in [-0.1, -0.05) is 30.0 Å². The van der Waals surface area contributed by atoms with Crippen LogP contribution in [0, 0.1) is 6.92 Å². The number of rotatable bonds is 4. The number of fused-ring (bicyclic) bond motifs is 1. The molecule has 0 saturated heterocycles. The Kier molecular flexibility index (Phi) is 3.57. The molecule has 0 atom stereocenters. The first-order valence-electron chi connectivity index (χ1n) is 6.27. The number of aromatic nitrogens is 4. The molecular weight excluding hydrogens is 288 g/mol. The number of carbonyl (C=O) groups is 1. The molecule has 3 aromatic rings. The Bertz CT molecular complexity index is 810. The molecule has 21 heavy (non-hydrogen) atoms. The van der Waals surface area contributed by atoms with E-state index in [1.165, 1.54) is 0 Å². The summed E-state index contributed by atoms with van der Waals surface area (Å²) in [5.74, 6) is -0.250. The number of aryl methyl sites for hydroxylation is 1. The number of thioether (sulfide) groups is 1. The van der Waals surface area contributed by atoms with Gasteiger partial charge in [-0.2, -0.15) is 0 Å². The lowest BCUT2D eigenvalue weighted by molar-refractivity contribution is -0.133. The zero-order valence-electron chi connectivity index (χ0n) is 11.2. The molecular formula is C14H12N4O2S. The monoisotopic (exact) mass is 300 g/mol. The smallest absolute Gasteiger partial charge is 0.313 e. The second kappa shape index (κ2) is 5.53. The van der Waals surface area contributed by atoms with Crippen molar-refractivity contribution < 1.29 is 9.90 Å². The summed E-state index contributed by atoms with van der Waals surface area (Å²) < 4.78 is 1.84. The number of carboxylic acid groups (broad SMARTS) is 1. The third kappa shape index (κ3) is 2.59. The number of nitrogens with zero attached hydrogens (tertiary/aromatic N) is 4. The van der Waals surface area contributed by atoms with Crippen LogP contribution >= 0.6 is 11.8 Å². The van der Waals surface area contributed by atoms with Crippen LogP contribution in [0.2, 0.25) is 0 Å². The van der Waals surface area contributed by atoms with Gasteiger partial charge in [-0.15, -0.1) is 10.2 Å². The summed E-state index contributed by atoms with van der Waals surface area (Å²) in [6.45, 7) is 1.83. The molecule has 1 aromatic carbocycles. The van der Waals surface area contributed by atoms with E-state index in [1.54, 1.807) is 6.20 Å². The van der Waals surface area contributed by atoms with Crippen LogP contribution in [0.3, 0.4) is 0 Å². The van der Waals surface area contributed by atoms with Gasteiger partial charge in [-0.25, -0.2) is 0 Å². The van der Waals surface area contributed by atoms with Gasteiger partial charge >= 0.3 is 5.97 Å². The van der Waals surface area contributed by atoms with E-state index >= 15 is 0 Å². The number of aliphatic carboxylic acids is 1. The zero-order chi connectivity index (χ0) is 14.8. The van der Waals surface area contributed by atoms with Crippen molar-refractivity contribution in [2.45, 2.75) is 12.1 Å². The molecule has 0 radical (unpaired) electrons. The molecule has 0 aliphatic heterocycles. The highest BCUT2D eigenvalue weighted by Gasteiger charge is 2.15. The van der Waals surface area contributed by atoms with Crippen molar-refractivity contribution in [3.63, 3.8) is 0 Å². The lowest BCUT2D eigenvalue weighted by atomic mass is 10.2. The highest BCUT2D eigenvalue weighted by atomic mass is 32.2. The van der Waals surface area contributed by atoms with E-state index in [2.05, 4.69) is 15.2 Å². The molecule has 1 N–H and O–H groups in total. The fourth-order valence-corrected chi connectivity index (χ4v) is 2.82. The Balaban J connectivity index is 2.14. The maximum absolute atomic E-state index is 10.7. The number of benzene rings is 1. The molecule has 0 bridgehead atoms. The average Bonchev–Trinajstić information content (AvgIpc) is 2.85. The fraction of sp³-hybridized carbons (Fsp3) is 0.143. The SMILES string of the molecule is Cc1nnc(SCC(=O)O)n1-c1cccc2cccnc12. The number of pyridine rings is 1. The van der Waals surface area contributed by atoms with E-state index < -0.39 is 5.97 Å². The molecule has 0 spiro atoms. The second-order valence-corrected chi connectivity index (χ2v) is 5.34. The Morgan fingerprint density at radius 2 is 2.10 bits per heavy atom. The van der Waals surface area contributed by atoms with Crippen LogP contribution in [0.4, 0.5) is 0 Å². The molecule has 0 fully saturated rings. The minimum absolute atomic E-state index is 0.0592. The Morgan fingerprint density at radius 1 is 1.29 bits per heavy atom. The second-order valence-electron chi connectivity index (χ2n) is 4.40. The molecule has 7 heteroatoms. The van der Waals surface area contributed by atoms with Crippen LogP contribution in [0.25, 0.3) is 16.6 Å². The third-order valence-electron chi connectivity index (χ3n) is 2.97. The minimum atomic E-state index is -0.886. The standard InChI is InChI=1S/C14H12N4O2S/c1-9-16-17-14(21-8-12(19)20)18(9)11-6-2-4-10-5-3-7-15-13(10)11/h2-7H,8H2,1H3,(H,19,20). The number of hydrogen-bond donors (Lipinski definition) is 1. The molecule has 0 aliphatic carbocycles. The predicted octanol–water partition coefficient (Wildman–Crippen LogP) is 2.30. The van der Waals surface area contributed by atoms with Crippen LogP contribution in [-0.2, 0) is 4.79 Å². The molecule has 106 valence electrons. The van der Waals surface area contributed by atoms with Crippen LogP contribution < -0.4 is 0 Å². The van der Waals surface area contributed by atoms with Crippen LogP contribution in [0.1, 0.15) is 5.82 Å². The Hall–Kier alpha value is -2.41. The van der Waals surface area contributed by atoms with E-state index in [0.29, 0.717) is 11.0 Å². The molecule has 0 saturated carbocycles. The summed E-state index contributed by atoms with van der Waals surface area (Å²) >= 11 is 1.14. The van der Waals surface area contributed by atoms with Gasteiger partial charge in [0.15, 0.2) is 5.16 Å². The molecule has 3 rings (SSSR count). The van der Waals surface area contributed by atoms with Crippen LogP contribution in [0.5, 0.6) is 0 Å². The van der Waals surface area contributed by atoms with Crippen molar-refractivity contribution in [1.29, 1.82) is 0 Å². The fourth-order valence-electron chi connectivity index (χ4n) is 2.11. The molecule has 0 aliphatic rings. The molecule has 0 amide bonds. The first-order chi connectivity index (χ1) is 10.2. The molecule has 2 heterocycles. The minimum Gasteiger partial charge on any atom is -0.481 e. The van der Waals surface area contributed by atoms with E-state index in [1.807, 2.05) is 41.8 Å². The quantitative estimate of drug-likeness (QED) is 0.745. The summed E-state index contributed by atoms with van der Waals surface area (Å²) in [5, 5.41) is 18.5. The van der Waals surface area contributed by atoms with Gasteiger partial charge in [0.05, 0.1) is 17.0 Å². The van der Waals surface area contributed by atoms with Gasteiger partial charge in [0.1, 0.15) is 5.82 Å². The lowest BCUT2D eigenvalue weighted by Gasteiger charge is -2.10. The summed E-state index contributed by atoms with van der Waals surface area (Å²) in [6, 6.07) is 9.71. The highest BCUT2D eigenvalue weighted by molar-refractivity contribution is 7.99. The van der Waals surface area contributed by atoms with Crippen molar-refractivity contribution in [2.75, 3.05) is 5.75 Å². The van der Waals surface area contributed by atoms with Gasteiger partial charge < -0.3 is 5.11 Å². The van der Waals surface area contributed by atoms with E-state index in [9.17, 15) is 4.79 Å². The first-order valence-corrected chi connectivity index (χ1v) is 7.26. The first kappa shape index (κ1) is 13.6. The average molecular weight is 300 g/mol. The number of carboxylic acids is 1. The van der Waals surface area contributed by atoms with Gasteiger partial charge in [0, 0.05) is 11.6 Å². The summed E-state index contributed by atoms with van der Waals surface area (Å²) in [7, 11) is 0. The molecule has 0 unspecified atom stereocenters. The number of hydrogen-bond acceptors (Lipinski definition) is 5. The van der Waals surface area contributed by atoms with E-state index in [-0.39, 0.29) is 5.75 Å². The van der Waals surface area contributed by atoms with Crippen molar-refractivity contribution >= 4 is 28.6 Å². The topological polar surface area (TPSA) is 80.9 Å². The van der Waals surface area contributed by atoms with Crippen LogP contribution in [-0.4, -0.2) is 36.6 Å². The zero-order valence-corrected chi connectivity index (χ0v) is 12.0. The Morgan fingerprint density at radius 3 is 2.90 bits per heavy atom. The summed E-state index contributed by atoms with van der Waals surface area (Å²) in [5.41, 5.74) is 1.68. The largest absolute Gasteiger partial charge is 0.481 e. The summed E-state index contributed by atoms with van der Waals surface area (Å²) in [6.07, 6.45) is 1.73. The van der Waals surface area contributed by atoms with Gasteiger partial charge in [-0.3, -0.25) is 14.3 Å². The predicted molar refractivity (Wildman–Crippen MR) is 79.8 cm³/mol. The third-order valence-corrected chi connectivity index (χ3v) is 3.89. The number of para-hydroxylation sites is 1. The van der Waals surface area contributed by atoms with Crippen LogP contribution in [0.15, 0.2) is 41.7 Å². The maximum Gasteiger partial charge on any atom is 0.313 e. The van der Waals surface area contributed by atoms with Crippen molar-refractivity contribution in [1.82, 2.24) is 19.7 Å². The van der Waals surface area contributed by atoms with Crippen molar-refractivity contribution in [3.05, 3.63) is 42.4 Å². The van der Waals surface area contributed by atoms with E-state index in [0.717, 1.165) is 28.4 Å². The van der Waals surface area contributed by atoms with Gasteiger partial charge in [-0.05, 0) is 19.1 Å². The molecule has 6 nitrogen and oxygen atoms in total. The van der Waals surface area contributed by atoms with Gasteiger partial charge in [0.2, 0.25) is 0 Å². The summed E-state index contributed by atoms with van der Waals surface area (Å²) in [4.78, 5) is 15.2. The molecule has 2 aromatic heterocycles. The lowest BCUT2D eigenvalue weighted by Crippen LogP contribution is -2.04. The van der Waals surface area contributed by atoms with Crippen molar-refractivity contribution in [3.8, 4) is 5.69 Å². The highest BCUT2D eigenvalue weighted by Crippen LogP contribution is 2.26. The normalized spacial score (nSPS) is 10.9. The Labute approximate surface area is 124 Å². The van der Waals surface area contributed by atoms with E-state index in [4.69, 9.17) is 5.11 Å².